The molecule has 3 heterocycles. The Morgan fingerprint density at radius 3 is 2.70 bits per heavy atom. The van der Waals surface area contributed by atoms with E-state index >= 15 is 0 Å². The third-order valence-corrected chi connectivity index (χ3v) is 5.64. The van der Waals surface area contributed by atoms with Gasteiger partial charge in [0.05, 0.1) is 23.4 Å². The first-order valence-corrected chi connectivity index (χ1v) is 10.3. The molecule has 4 rings (SSSR count). The summed E-state index contributed by atoms with van der Waals surface area (Å²) in [6.45, 7) is 5.99. The molecular formula is C20H20N6O3S. The first kappa shape index (κ1) is 19.9. The third kappa shape index (κ3) is 3.86. The van der Waals surface area contributed by atoms with Crippen LogP contribution >= 0.6 is 11.8 Å². The summed E-state index contributed by atoms with van der Waals surface area (Å²) in [6.07, 6.45) is 0. The molecule has 2 N–H and O–H groups in total. The van der Waals surface area contributed by atoms with Gasteiger partial charge in [-0.1, -0.05) is 42.1 Å². The number of anilines is 1. The van der Waals surface area contributed by atoms with Gasteiger partial charge in [-0.3, -0.25) is 14.9 Å². The van der Waals surface area contributed by atoms with Crippen molar-refractivity contribution in [2.75, 3.05) is 11.1 Å². The summed E-state index contributed by atoms with van der Waals surface area (Å²) >= 11 is 1.27. The van der Waals surface area contributed by atoms with Crippen LogP contribution in [0.1, 0.15) is 22.8 Å². The van der Waals surface area contributed by atoms with E-state index in [1.54, 1.807) is 13.8 Å². The lowest BCUT2D eigenvalue weighted by Crippen LogP contribution is -2.17. The quantitative estimate of drug-likeness (QED) is 0.457. The van der Waals surface area contributed by atoms with Crippen molar-refractivity contribution in [3.05, 3.63) is 63.5 Å². The molecule has 0 aliphatic rings. The van der Waals surface area contributed by atoms with Gasteiger partial charge in [0.2, 0.25) is 11.8 Å². The molecule has 30 heavy (non-hydrogen) atoms. The SMILES string of the molecule is Cc1n[nH]c(=O)c2c(NC(=O)CSc3nnc(C)n3Cc3ccccc3)oc(C)c12. The Hall–Kier alpha value is -3.40. The van der Waals surface area contributed by atoms with E-state index in [-0.39, 0.29) is 17.5 Å². The number of hydrogen-bond acceptors (Lipinski definition) is 7. The number of fused-ring (bicyclic) bond motifs is 1. The largest absolute Gasteiger partial charge is 0.444 e. The van der Waals surface area contributed by atoms with Gasteiger partial charge in [0, 0.05) is 0 Å². The highest BCUT2D eigenvalue weighted by atomic mass is 32.2. The van der Waals surface area contributed by atoms with Gasteiger partial charge in [-0.25, -0.2) is 5.10 Å². The molecule has 1 aromatic carbocycles. The highest BCUT2D eigenvalue weighted by Crippen LogP contribution is 2.28. The number of furan rings is 1. The van der Waals surface area contributed by atoms with Gasteiger partial charge in [0.25, 0.3) is 5.56 Å². The highest BCUT2D eigenvalue weighted by molar-refractivity contribution is 7.99. The molecule has 4 aromatic rings. The van der Waals surface area contributed by atoms with Gasteiger partial charge < -0.3 is 8.98 Å². The molecule has 0 saturated carbocycles. The van der Waals surface area contributed by atoms with Crippen molar-refractivity contribution in [1.29, 1.82) is 0 Å². The van der Waals surface area contributed by atoms with Crippen LogP contribution in [0.25, 0.3) is 10.8 Å². The second-order valence-corrected chi connectivity index (χ2v) is 7.76. The third-order valence-electron chi connectivity index (χ3n) is 4.67. The van der Waals surface area contributed by atoms with Crippen molar-refractivity contribution in [2.24, 2.45) is 0 Å². The molecular weight excluding hydrogens is 404 g/mol. The predicted molar refractivity (Wildman–Crippen MR) is 114 cm³/mol. The van der Waals surface area contributed by atoms with E-state index in [4.69, 9.17) is 4.42 Å². The van der Waals surface area contributed by atoms with Crippen LogP contribution in [0.3, 0.4) is 0 Å². The fourth-order valence-electron chi connectivity index (χ4n) is 3.24. The fourth-order valence-corrected chi connectivity index (χ4v) is 4.02. The number of aromatic nitrogens is 5. The summed E-state index contributed by atoms with van der Waals surface area (Å²) in [7, 11) is 0. The number of benzene rings is 1. The van der Waals surface area contributed by atoms with E-state index < -0.39 is 5.56 Å². The minimum Gasteiger partial charge on any atom is -0.444 e. The maximum Gasteiger partial charge on any atom is 0.277 e. The average Bonchev–Trinajstić information content (AvgIpc) is 3.24. The summed E-state index contributed by atoms with van der Waals surface area (Å²) in [6, 6.07) is 9.97. The first-order valence-electron chi connectivity index (χ1n) is 9.28. The van der Waals surface area contributed by atoms with E-state index in [1.165, 1.54) is 11.8 Å². The standard InChI is InChI=1S/C20H20N6O3S/c1-11-16-12(2)29-19(17(16)18(28)24-22-11)21-15(27)10-30-20-25-23-13(3)26(20)9-14-7-5-4-6-8-14/h4-8H,9-10H2,1-3H3,(H,21,27)(H,24,28). The summed E-state index contributed by atoms with van der Waals surface area (Å²) in [5.74, 6) is 1.21. The molecule has 0 spiro atoms. The maximum absolute atomic E-state index is 12.5. The minimum absolute atomic E-state index is 0.0934. The molecule has 0 aliphatic heterocycles. The Morgan fingerprint density at radius 2 is 1.93 bits per heavy atom. The molecule has 9 nitrogen and oxygen atoms in total. The number of aromatic amines is 1. The van der Waals surface area contributed by atoms with Gasteiger partial charge in [-0.05, 0) is 26.3 Å². The van der Waals surface area contributed by atoms with E-state index in [9.17, 15) is 9.59 Å². The Labute approximate surface area is 175 Å². The zero-order chi connectivity index (χ0) is 21.3. The Bertz CT molecular complexity index is 1280. The number of carbonyl (C=O) groups is 1. The number of aryl methyl sites for hydroxylation is 3. The number of hydrogen-bond donors (Lipinski definition) is 2. The molecule has 154 valence electrons. The molecule has 0 unspecified atom stereocenters. The molecule has 0 saturated heterocycles. The number of rotatable bonds is 6. The molecule has 10 heteroatoms. The molecule has 0 aliphatic carbocycles. The summed E-state index contributed by atoms with van der Waals surface area (Å²) in [5.41, 5.74) is 1.34. The normalized spacial score (nSPS) is 11.2. The van der Waals surface area contributed by atoms with Crippen LogP contribution in [-0.4, -0.2) is 36.6 Å². The van der Waals surface area contributed by atoms with Crippen molar-refractivity contribution in [2.45, 2.75) is 32.5 Å². The summed E-state index contributed by atoms with van der Waals surface area (Å²) in [4.78, 5) is 24.7. The van der Waals surface area contributed by atoms with Crippen LogP contribution in [0.5, 0.6) is 0 Å². The lowest BCUT2D eigenvalue weighted by Gasteiger charge is -2.08. The molecule has 0 bridgehead atoms. The van der Waals surface area contributed by atoms with Gasteiger partial charge in [0.1, 0.15) is 17.0 Å². The second kappa shape index (κ2) is 8.15. The molecule has 0 radical (unpaired) electrons. The Balaban J connectivity index is 1.49. The number of nitrogens with zero attached hydrogens (tertiary/aromatic N) is 4. The number of thioether (sulfide) groups is 1. The number of H-pyrrole nitrogens is 1. The maximum atomic E-state index is 12.5. The Kier molecular flexibility index (Phi) is 5.40. The van der Waals surface area contributed by atoms with Crippen molar-refractivity contribution in [1.82, 2.24) is 25.0 Å². The molecule has 3 aromatic heterocycles. The lowest BCUT2D eigenvalue weighted by atomic mass is 10.2. The molecule has 1 amide bonds. The van der Waals surface area contributed by atoms with Crippen LogP contribution in [0.4, 0.5) is 5.88 Å². The number of carbonyl (C=O) groups excluding carboxylic acids is 1. The summed E-state index contributed by atoms with van der Waals surface area (Å²) < 4.78 is 7.58. The first-order chi connectivity index (χ1) is 14.4. The van der Waals surface area contributed by atoms with Crippen LogP contribution in [0, 0.1) is 20.8 Å². The van der Waals surface area contributed by atoms with Gasteiger partial charge in [0.15, 0.2) is 5.16 Å². The Morgan fingerprint density at radius 1 is 1.17 bits per heavy atom. The lowest BCUT2D eigenvalue weighted by molar-refractivity contribution is -0.113. The zero-order valence-corrected chi connectivity index (χ0v) is 17.5. The van der Waals surface area contributed by atoms with Crippen molar-refractivity contribution in [3.63, 3.8) is 0 Å². The molecule has 0 atom stereocenters. The zero-order valence-electron chi connectivity index (χ0n) is 16.7. The second-order valence-electron chi connectivity index (χ2n) is 6.81. The fraction of sp³-hybridized carbons (Fsp3) is 0.250. The van der Waals surface area contributed by atoms with Crippen molar-refractivity contribution >= 4 is 34.3 Å². The van der Waals surface area contributed by atoms with Crippen LogP contribution < -0.4 is 10.9 Å². The number of amides is 1. The predicted octanol–water partition coefficient (Wildman–Crippen LogP) is 2.81. The highest BCUT2D eigenvalue weighted by Gasteiger charge is 2.19. The van der Waals surface area contributed by atoms with Gasteiger partial charge in [-0.15, -0.1) is 10.2 Å². The average molecular weight is 424 g/mol. The van der Waals surface area contributed by atoms with E-state index in [1.807, 2.05) is 41.8 Å². The molecule has 0 fully saturated rings. The van der Waals surface area contributed by atoms with Crippen LogP contribution in [0.2, 0.25) is 0 Å². The van der Waals surface area contributed by atoms with Crippen LogP contribution in [0.15, 0.2) is 44.7 Å². The van der Waals surface area contributed by atoms with E-state index in [2.05, 4.69) is 25.7 Å². The smallest absolute Gasteiger partial charge is 0.277 e. The van der Waals surface area contributed by atoms with Crippen LogP contribution in [-0.2, 0) is 11.3 Å². The van der Waals surface area contributed by atoms with E-state index in [0.29, 0.717) is 33.9 Å². The monoisotopic (exact) mass is 424 g/mol. The topological polar surface area (TPSA) is 119 Å². The van der Waals surface area contributed by atoms with Crippen molar-refractivity contribution in [3.8, 4) is 0 Å². The minimum atomic E-state index is -0.409. The number of nitrogens with one attached hydrogen (secondary N) is 2. The van der Waals surface area contributed by atoms with Gasteiger partial charge >= 0.3 is 0 Å². The van der Waals surface area contributed by atoms with Gasteiger partial charge in [-0.2, -0.15) is 5.10 Å². The summed E-state index contributed by atoms with van der Waals surface area (Å²) in [5, 5.41) is 18.9. The van der Waals surface area contributed by atoms with E-state index in [0.717, 1.165) is 11.4 Å². The van der Waals surface area contributed by atoms with Crippen molar-refractivity contribution < 1.29 is 9.21 Å².